The van der Waals surface area contributed by atoms with Crippen LogP contribution in [0.25, 0.3) is 0 Å². The third-order valence-corrected chi connectivity index (χ3v) is 10.6. The van der Waals surface area contributed by atoms with E-state index in [2.05, 4.69) is 45.1 Å². The maximum Gasteiger partial charge on any atom is 0.306 e. The first kappa shape index (κ1) is 56.1. The van der Waals surface area contributed by atoms with Crippen LogP contribution in [0.2, 0.25) is 0 Å². The van der Waals surface area contributed by atoms with Crippen LogP contribution >= 0.6 is 0 Å². The topological polar surface area (TPSA) is 78.9 Å². The molecular weight excluding hydrogens is 733 g/mol. The quantitative estimate of drug-likeness (QED) is 0.0200. The fraction of sp³-hybridized carbons (Fsp3) is 0.755. The van der Waals surface area contributed by atoms with Crippen LogP contribution in [-0.4, -0.2) is 37.2 Å². The van der Waals surface area contributed by atoms with Crippen LogP contribution in [0.5, 0.6) is 0 Å². The van der Waals surface area contributed by atoms with Gasteiger partial charge in [0.15, 0.2) is 6.10 Å². The Labute approximate surface area is 364 Å². The summed E-state index contributed by atoms with van der Waals surface area (Å²) < 4.78 is 16.7. The molecule has 0 fully saturated rings. The highest BCUT2D eigenvalue weighted by Crippen LogP contribution is 2.14. The summed E-state index contributed by atoms with van der Waals surface area (Å²) in [7, 11) is 0. The van der Waals surface area contributed by atoms with Crippen molar-refractivity contribution in [3.05, 3.63) is 60.8 Å². The van der Waals surface area contributed by atoms with Gasteiger partial charge in [-0.2, -0.15) is 0 Å². The highest BCUT2D eigenvalue weighted by molar-refractivity contribution is 5.71. The van der Waals surface area contributed by atoms with Gasteiger partial charge in [0.25, 0.3) is 0 Å². The predicted octanol–water partition coefficient (Wildman–Crippen LogP) is 16.1. The van der Waals surface area contributed by atoms with Gasteiger partial charge in [-0.3, -0.25) is 14.4 Å². The minimum Gasteiger partial charge on any atom is -0.462 e. The molecular formula is C53H92O6. The molecule has 0 heterocycles. The number of hydrogen-bond donors (Lipinski definition) is 0. The first-order chi connectivity index (χ1) is 29.0. The Morgan fingerprint density at radius 1 is 0.356 bits per heavy atom. The lowest BCUT2D eigenvalue weighted by Crippen LogP contribution is -2.30. The lowest BCUT2D eigenvalue weighted by Gasteiger charge is -2.18. The summed E-state index contributed by atoms with van der Waals surface area (Å²) in [6.45, 7) is 6.44. The zero-order chi connectivity index (χ0) is 43.0. The molecule has 0 radical (unpaired) electrons. The van der Waals surface area contributed by atoms with Crippen molar-refractivity contribution in [2.45, 2.75) is 245 Å². The second-order valence-corrected chi connectivity index (χ2v) is 16.4. The normalized spacial score (nSPS) is 12.5. The van der Waals surface area contributed by atoms with E-state index < -0.39 is 6.10 Å². The Hall–Kier alpha value is -2.89. The molecule has 0 N–H and O–H groups in total. The van der Waals surface area contributed by atoms with E-state index in [0.717, 1.165) is 77.0 Å². The van der Waals surface area contributed by atoms with E-state index in [-0.39, 0.29) is 37.5 Å². The SMILES string of the molecule is CC\C=C/C=C\C=C/C=C\CCCCCC(=O)OC(COC(=O)CCCCCCC/C=C\CCCCCCCCCCC)COC(=O)CCCCCCCCCCCC. The predicted molar refractivity (Wildman–Crippen MR) is 251 cm³/mol. The highest BCUT2D eigenvalue weighted by Gasteiger charge is 2.19. The van der Waals surface area contributed by atoms with E-state index in [1.54, 1.807) is 0 Å². The van der Waals surface area contributed by atoms with Crippen molar-refractivity contribution in [1.29, 1.82) is 0 Å². The molecule has 0 saturated heterocycles. The molecule has 0 saturated carbocycles. The fourth-order valence-corrected chi connectivity index (χ4v) is 6.86. The average Bonchev–Trinajstić information content (AvgIpc) is 3.23. The lowest BCUT2D eigenvalue weighted by molar-refractivity contribution is -0.167. The van der Waals surface area contributed by atoms with Crippen molar-refractivity contribution in [1.82, 2.24) is 0 Å². The monoisotopic (exact) mass is 825 g/mol. The van der Waals surface area contributed by atoms with Gasteiger partial charge >= 0.3 is 17.9 Å². The second-order valence-electron chi connectivity index (χ2n) is 16.4. The first-order valence-electron chi connectivity index (χ1n) is 24.8. The van der Waals surface area contributed by atoms with E-state index in [1.165, 1.54) is 122 Å². The Morgan fingerprint density at radius 2 is 0.678 bits per heavy atom. The Bertz CT molecular complexity index is 1090. The molecule has 0 spiro atoms. The van der Waals surface area contributed by atoms with Gasteiger partial charge in [-0.05, 0) is 64.2 Å². The first-order valence-corrected chi connectivity index (χ1v) is 24.8. The van der Waals surface area contributed by atoms with E-state index in [9.17, 15) is 14.4 Å². The van der Waals surface area contributed by atoms with Gasteiger partial charge in [0.2, 0.25) is 0 Å². The van der Waals surface area contributed by atoms with E-state index in [1.807, 2.05) is 36.5 Å². The fourth-order valence-electron chi connectivity index (χ4n) is 6.86. The van der Waals surface area contributed by atoms with Gasteiger partial charge in [-0.1, -0.05) is 216 Å². The van der Waals surface area contributed by atoms with Crippen molar-refractivity contribution in [3.8, 4) is 0 Å². The molecule has 0 amide bonds. The zero-order valence-electron chi connectivity index (χ0n) is 38.8. The summed E-state index contributed by atoms with van der Waals surface area (Å²) in [6.07, 6.45) is 57.8. The number of allylic oxidation sites excluding steroid dienone is 10. The molecule has 0 aromatic rings. The minimum absolute atomic E-state index is 0.0916. The van der Waals surface area contributed by atoms with Crippen molar-refractivity contribution < 1.29 is 28.6 Å². The van der Waals surface area contributed by atoms with Gasteiger partial charge in [0, 0.05) is 19.3 Å². The molecule has 0 aliphatic carbocycles. The van der Waals surface area contributed by atoms with E-state index in [4.69, 9.17) is 14.2 Å². The lowest BCUT2D eigenvalue weighted by atomic mass is 10.1. The molecule has 0 aliphatic heterocycles. The zero-order valence-corrected chi connectivity index (χ0v) is 38.8. The van der Waals surface area contributed by atoms with Crippen LogP contribution in [0.4, 0.5) is 0 Å². The summed E-state index contributed by atoms with van der Waals surface area (Å²) in [5, 5.41) is 0. The smallest absolute Gasteiger partial charge is 0.306 e. The summed E-state index contributed by atoms with van der Waals surface area (Å²) >= 11 is 0. The molecule has 6 nitrogen and oxygen atoms in total. The van der Waals surface area contributed by atoms with Gasteiger partial charge in [0.1, 0.15) is 13.2 Å². The van der Waals surface area contributed by atoms with Crippen LogP contribution in [0.3, 0.4) is 0 Å². The second kappa shape index (κ2) is 47.8. The van der Waals surface area contributed by atoms with Crippen LogP contribution in [0, 0.1) is 0 Å². The third-order valence-electron chi connectivity index (χ3n) is 10.6. The molecule has 0 aromatic heterocycles. The largest absolute Gasteiger partial charge is 0.462 e. The number of hydrogen-bond acceptors (Lipinski definition) is 6. The van der Waals surface area contributed by atoms with E-state index in [0.29, 0.717) is 12.8 Å². The summed E-state index contributed by atoms with van der Waals surface area (Å²) in [6, 6.07) is 0. The number of unbranched alkanes of at least 4 members (excludes halogenated alkanes) is 26. The summed E-state index contributed by atoms with van der Waals surface area (Å²) in [4.78, 5) is 37.8. The number of esters is 3. The molecule has 0 aromatic carbocycles. The Morgan fingerprint density at radius 3 is 1.10 bits per heavy atom. The maximum atomic E-state index is 12.7. The van der Waals surface area contributed by atoms with Crippen LogP contribution in [0.15, 0.2) is 60.8 Å². The molecule has 59 heavy (non-hydrogen) atoms. The van der Waals surface area contributed by atoms with Gasteiger partial charge in [-0.15, -0.1) is 0 Å². The molecule has 0 bridgehead atoms. The molecule has 6 heteroatoms. The van der Waals surface area contributed by atoms with Crippen molar-refractivity contribution >= 4 is 17.9 Å². The maximum absolute atomic E-state index is 12.7. The standard InChI is InChI=1S/C53H92O6/c1-4-7-10-13-16-19-22-24-25-26-27-28-30-31-34-37-40-43-46-52(55)58-49-50(48-57-51(54)45-42-39-36-33-21-18-15-12-9-6-3)59-53(56)47-44-41-38-35-32-29-23-20-17-14-11-8-5-2/h8,11,14,17,20,23,27-29,32,50H,4-7,9-10,12-13,15-16,18-19,21-22,24-26,30-31,33-49H2,1-3H3/b11-8-,17-14-,23-20-,28-27-,32-29-. The number of ether oxygens (including phenoxy) is 3. The highest BCUT2D eigenvalue weighted by atomic mass is 16.6. The van der Waals surface area contributed by atoms with Gasteiger partial charge in [-0.25, -0.2) is 0 Å². The van der Waals surface area contributed by atoms with Crippen LogP contribution in [0.1, 0.15) is 239 Å². The number of carbonyl (C=O) groups excluding carboxylic acids is 3. The van der Waals surface area contributed by atoms with Crippen LogP contribution < -0.4 is 0 Å². The van der Waals surface area contributed by atoms with Gasteiger partial charge in [0.05, 0.1) is 0 Å². The van der Waals surface area contributed by atoms with Gasteiger partial charge < -0.3 is 14.2 Å². The number of carbonyl (C=O) groups is 3. The molecule has 0 aliphatic rings. The van der Waals surface area contributed by atoms with Crippen molar-refractivity contribution in [2.75, 3.05) is 13.2 Å². The Kier molecular flexibility index (Phi) is 45.4. The summed E-state index contributed by atoms with van der Waals surface area (Å²) in [5.74, 6) is -0.939. The number of rotatable bonds is 44. The van der Waals surface area contributed by atoms with E-state index >= 15 is 0 Å². The molecule has 0 rings (SSSR count). The van der Waals surface area contributed by atoms with Crippen molar-refractivity contribution in [3.63, 3.8) is 0 Å². The van der Waals surface area contributed by atoms with Crippen LogP contribution in [-0.2, 0) is 28.6 Å². The average molecular weight is 825 g/mol. The Balaban J connectivity index is 4.38. The third kappa shape index (κ3) is 46.0. The molecule has 340 valence electrons. The molecule has 1 atom stereocenters. The molecule has 1 unspecified atom stereocenters. The summed E-state index contributed by atoms with van der Waals surface area (Å²) in [5.41, 5.74) is 0. The minimum atomic E-state index is -0.794. The van der Waals surface area contributed by atoms with Crippen molar-refractivity contribution in [2.24, 2.45) is 0 Å².